The Bertz CT molecular complexity index is 4880. The van der Waals surface area contributed by atoms with Crippen LogP contribution in [0.15, 0.2) is 249 Å². The number of hydrogen-bond donors (Lipinski definition) is 0. The first-order valence-corrected chi connectivity index (χ1v) is 26.5. The van der Waals surface area contributed by atoms with Gasteiger partial charge in [0.25, 0.3) is 0 Å². The predicted molar refractivity (Wildman–Crippen MR) is 320 cm³/mol. The van der Waals surface area contributed by atoms with E-state index in [-0.39, 0.29) is 5.41 Å². The van der Waals surface area contributed by atoms with Crippen molar-refractivity contribution in [1.29, 1.82) is 0 Å². The van der Waals surface area contributed by atoms with E-state index in [2.05, 4.69) is 252 Å². The molecule has 15 aromatic rings. The van der Waals surface area contributed by atoms with Crippen LogP contribution in [-0.4, -0.2) is 24.1 Å². The van der Waals surface area contributed by atoms with Gasteiger partial charge in [0.05, 0.1) is 39.7 Å². The van der Waals surface area contributed by atoms with E-state index in [0.29, 0.717) is 5.82 Å². The Morgan fingerprint density at radius 3 is 1.53 bits per heavy atom. The number of hydrogen-bond acceptors (Lipinski definition) is 3. The molecule has 1 aliphatic carbocycles. The fourth-order valence-electron chi connectivity index (χ4n) is 13.0. The molecule has 0 spiro atoms. The largest absolute Gasteiger partial charge is 0.309 e. The summed E-state index contributed by atoms with van der Waals surface area (Å²) in [7, 11) is 0. The Labute approximate surface area is 444 Å². The van der Waals surface area contributed by atoms with Gasteiger partial charge in [-0.25, -0.2) is 9.97 Å². The van der Waals surface area contributed by atoms with Crippen LogP contribution in [0.25, 0.3) is 143 Å². The van der Waals surface area contributed by atoms with Gasteiger partial charge in [-0.1, -0.05) is 172 Å². The highest BCUT2D eigenvalue weighted by Gasteiger charge is 2.39. The summed E-state index contributed by atoms with van der Waals surface area (Å²) in [6.07, 6.45) is 3.89. The summed E-state index contributed by atoms with van der Waals surface area (Å²) < 4.78 is 4.80. The van der Waals surface area contributed by atoms with E-state index in [1.54, 1.807) is 0 Å². The smallest absolute Gasteiger partial charge is 0.160 e. The summed E-state index contributed by atoms with van der Waals surface area (Å²) in [5.74, 6) is 0.672. The van der Waals surface area contributed by atoms with Gasteiger partial charge in [0.2, 0.25) is 0 Å². The fraction of sp³-hybridized carbons (Fsp3) is 0.0417. The van der Waals surface area contributed by atoms with Crippen LogP contribution in [0.4, 0.5) is 0 Å². The normalized spacial score (nSPS) is 12.9. The number of nitrogens with zero attached hydrogens (tertiary/aromatic N) is 5. The molecule has 0 aliphatic heterocycles. The number of benzene rings is 11. The Balaban J connectivity index is 0.868. The van der Waals surface area contributed by atoms with Gasteiger partial charge in [0.1, 0.15) is 0 Å². The van der Waals surface area contributed by atoms with Crippen molar-refractivity contribution in [1.82, 2.24) is 24.1 Å². The van der Waals surface area contributed by atoms with Crippen LogP contribution in [0.3, 0.4) is 0 Å². The van der Waals surface area contributed by atoms with Gasteiger partial charge in [0.15, 0.2) is 5.82 Å². The molecule has 0 saturated heterocycles. The molecule has 1 aliphatic rings. The molecule has 5 heteroatoms. The molecule has 0 atom stereocenters. The van der Waals surface area contributed by atoms with E-state index in [4.69, 9.17) is 9.97 Å². The van der Waals surface area contributed by atoms with E-state index >= 15 is 0 Å². The lowest BCUT2D eigenvalue weighted by atomic mass is 9.79. The molecule has 0 saturated carbocycles. The average molecular weight is 982 g/mol. The first kappa shape index (κ1) is 43.4. The molecule has 5 nitrogen and oxygen atoms in total. The molecule has 16 rings (SSSR count). The summed E-state index contributed by atoms with van der Waals surface area (Å²) in [6.45, 7) is 4.87. The van der Waals surface area contributed by atoms with Crippen molar-refractivity contribution in [2.45, 2.75) is 19.3 Å². The highest BCUT2D eigenvalue weighted by molar-refractivity contribution is 6.27. The van der Waals surface area contributed by atoms with Gasteiger partial charge in [-0.15, -0.1) is 0 Å². The molecule has 0 bridgehead atoms. The van der Waals surface area contributed by atoms with E-state index in [1.165, 1.54) is 81.9 Å². The Morgan fingerprint density at radius 2 is 0.870 bits per heavy atom. The third-order valence-electron chi connectivity index (χ3n) is 16.5. The predicted octanol–water partition coefficient (Wildman–Crippen LogP) is 18.5. The van der Waals surface area contributed by atoms with Gasteiger partial charge in [-0.3, -0.25) is 4.98 Å². The minimum atomic E-state index is -0.288. The molecule has 0 unspecified atom stereocenters. The maximum Gasteiger partial charge on any atom is 0.160 e. The SMILES string of the molecule is CC1(C)c2cc3c4ccccc4c4ccccc4c3cc2-c2ccc3c(c21)c1cc(-c2ccc4c(c2)c2ccncc2n4-c2cccc(-c4nc(-c5ccccc5)cc(-c5ccccc5)n4)c2)ccc1n3-c1ccccc1. The molecule has 4 heterocycles. The fourth-order valence-corrected chi connectivity index (χ4v) is 13.0. The molecular formula is C72H47N5. The van der Waals surface area contributed by atoms with E-state index < -0.39 is 0 Å². The summed E-state index contributed by atoms with van der Waals surface area (Å²) in [4.78, 5) is 15.1. The lowest BCUT2D eigenvalue weighted by molar-refractivity contribution is 0.667. The van der Waals surface area contributed by atoms with Crippen molar-refractivity contribution in [2.24, 2.45) is 0 Å². The average Bonchev–Trinajstić information content (AvgIpc) is 4.32. The van der Waals surface area contributed by atoms with Crippen molar-refractivity contribution in [3.05, 3.63) is 260 Å². The lowest BCUT2D eigenvalue weighted by Gasteiger charge is -2.23. The third kappa shape index (κ3) is 6.50. The van der Waals surface area contributed by atoms with E-state index in [0.717, 1.165) is 66.8 Å². The van der Waals surface area contributed by atoms with Gasteiger partial charge < -0.3 is 9.13 Å². The first-order valence-electron chi connectivity index (χ1n) is 26.5. The zero-order valence-electron chi connectivity index (χ0n) is 42.4. The molecule has 0 fully saturated rings. The Morgan fingerprint density at radius 1 is 0.338 bits per heavy atom. The van der Waals surface area contributed by atoms with Gasteiger partial charge in [-0.2, -0.15) is 0 Å². The van der Waals surface area contributed by atoms with Crippen LogP contribution in [0.2, 0.25) is 0 Å². The highest BCUT2D eigenvalue weighted by Crippen LogP contribution is 2.55. The first-order chi connectivity index (χ1) is 37.9. The second-order valence-electron chi connectivity index (χ2n) is 21.1. The van der Waals surface area contributed by atoms with Crippen LogP contribution in [-0.2, 0) is 5.41 Å². The maximum atomic E-state index is 5.19. The van der Waals surface area contributed by atoms with Crippen LogP contribution in [0.1, 0.15) is 25.0 Å². The zero-order chi connectivity index (χ0) is 50.9. The van der Waals surface area contributed by atoms with Crippen LogP contribution in [0, 0.1) is 0 Å². The van der Waals surface area contributed by atoms with Crippen LogP contribution >= 0.6 is 0 Å². The Kier molecular flexibility index (Phi) is 9.32. The molecule has 0 radical (unpaired) electrons. The second kappa shape index (κ2) is 16.5. The topological polar surface area (TPSA) is 48.5 Å². The van der Waals surface area contributed by atoms with Crippen molar-refractivity contribution < 1.29 is 0 Å². The summed E-state index contributed by atoms with van der Waals surface area (Å²) in [5.41, 5.74) is 18.9. The highest BCUT2D eigenvalue weighted by atomic mass is 15.0. The summed E-state index contributed by atoms with van der Waals surface area (Å²) >= 11 is 0. The molecule has 11 aromatic carbocycles. The van der Waals surface area contributed by atoms with Gasteiger partial charge in [-0.05, 0) is 145 Å². The molecule has 360 valence electrons. The lowest BCUT2D eigenvalue weighted by Crippen LogP contribution is -2.15. The molecule has 0 N–H and O–H groups in total. The Hall–Kier alpha value is -9.97. The van der Waals surface area contributed by atoms with Crippen molar-refractivity contribution in [3.63, 3.8) is 0 Å². The molecule has 4 aromatic heterocycles. The number of rotatable bonds is 6. The minimum Gasteiger partial charge on any atom is -0.309 e. The number of fused-ring (bicyclic) bond motifs is 16. The molecule has 77 heavy (non-hydrogen) atoms. The number of pyridine rings is 1. The van der Waals surface area contributed by atoms with Crippen molar-refractivity contribution >= 4 is 75.9 Å². The third-order valence-corrected chi connectivity index (χ3v) is 16.5. The summed E-state index contributed by atoms with van der Waals surface area (Å²) in [6, 6.07) is 86.0. The number of aromatic nitrogens is 5. The second-order valence-corrected chi connectivity index (χ2v) is 21.1. The maximum absolute atomic E-state index is 5.19. The zero-order valence-corrected chi connectivity index (χ0v) is 42.4. The van der Waals surface area contributed by atoms with Crippen LogP contribution < -0.4 is 0 Å². The number of para-hydroxylation sites is 1. The van der Waals surface area contributed by atoms with E-state index in [9.17, 15) is 0 Å². The molecule has 0 amide bonds. The summed E-state index contributed by atoms with van der Waals surface area (Å²) in [5, 5.41) is 12.7. The van der Waals surface area contributed by atoms with Crippen molar-refractivity contribution in [2.75, 3.05) is 0 Å². The van der Waals surface area contributed by atoms with Gasteiger partial charge >= 0.3 is 0 Å². The molecular weight excluding hydrogens is 935 g/mol. The van der Waals surface area contributed by atoms with Gasteiger partial charge in [0, 0.05) is 61.2 Å². The van der Waals surface area contributed by atoms with Crippen molar-refractivity contribution in [3.8, 4) is 67.5 Å². The van der Waals surface area contributed by atoms with Crippen LogP contribution in [0.5, 0.6) is 0 Å². The minimum absolute atomic E-state index is 0.288. The standard InChI is InChI=1S/C72H47N5/c1-72(2)62-41-58-54-28-15-13-26-52(54)51-25-12-14-27-53(51)57(58)40-59(62)56-31-34-67-69(70(56)72)61-39-47(30-33-66(61)76(67)49-22-10-5-11-23-49)46-29-32-65-60(38-46)55-35-36-73-43-68(55)77(65)50-24-16-21-48(37-50)71-74-63(44-17-6-3-7-18-44)42-64(75-71)45-19-8-4-9-20-45/h3-43H,1-2H3. The quantitative estimate of drug-likeness (QED) is 0.156. The monoisotopic (exact) mass is 981 g/mol. The van der Waals surface area contributed by atoms with E-state index in [1.807, 2.05) is 24.5 Å².